The molecule has 3 aromatic rings. The molecule has 0 saturated heterocycles. The van der Waals surface area contributed by atoms with E-state index < -0.39 is 17.8 Å². The molecule has 8 heteroatoms. The fraction of sp³-hybridized carbons (Fsp3) is 0.310. The Hall–Kier alpha value is -4.07. The lowest BCUT2D eigenvalue weighted by molar-refractivity contribution is -0.123. The van der Waals surface area contributed by atoms with E-state index in [9.17, 15) is 14.0 Å². The summed E-state index contributed by atoms with van der Waals surface area (Å²) in [6.45, 7) is 0.810. The Bertz CT molecular complexity index is 1270. The van der Waals surface area contributed by atoms with Crippen LogP contribution >= 0.6 is 0 Å². The maximum Gasteiger partial charge on any atom is 0.259 e. The lowest BCUT2D eigenvalue weighted by Crippen LogP contribution is -2.46. The molecule has 1 heterocycles. The number of rotatable bonds is 7. The van der Waals surface area contributed by atoms with Crippen LogP contribution in [-0.4, -0.2) is 38.2 Å². The van der Waals surface area contributed by atoms with Crippen LogP contribution < -0.4 is 24.4 Å². The summed E-state index contributed by atoms with van der Waals surface area (Å²) in [6.07, 6.45) is 3.84. The number of carbonyl (C=O) groups is 2. The van der Waals surface area contributed by atoms with Gasteiger partial charge in [-0.25, -0.2) is 4.39 Å². The first-order valence-electron chi connectivity index (χ1n) is 12.5. The van der Waals surface area contributed by atoms with Crippen molar-refractivity contribution in [3.8, 4) is 17.2 Å². The zero-order valence-corrected chi connectivity index (χ0v) is 20.6. The predicted molar refractivity (Wildman–Crippen MR) is 137 cm³/mol. The second-order valence-corrected chi connectivity index (χ2v) is 9.15. The third-order valence-corrected chi connectivity index (χ3v) is 6.75. The molecule has 1 atom stereocenters. The second-order valence-electron chi connectivity index (χ2n) is 9.15. The van der Waals surface area contributed by atoms with Crippen molar-refractivity contribution in [2.45, 2.75) is 37.8 Å². The summed E-state index contributed by atoms with van der Waals surface area (Å²) >= 11 is 0. The predicted octanol–water partition coefficient (Wildman–Crippen LogP) is 5.05. The van der Waals surface area contributed by atoms with E-state index in [4.69, 9.17) is 14.2 Å². The van der Waals surface area contributed by atoms with Crippen molar-refractivity contribution in [2.24, 2.45) is 0 Å². The molecule has 192 valence electrons. The number of methoxy groups -OCH3 is 1. The number of nitrogens with zero attached hydrogens (tertiary/aromatic N) is 1. The molecule has 1 fully saturated rings. The fourth-order valence-corrected chi connectivity index (χ4v) is 4.92. The molecule has 0 bridgehead atoms. The van der Waals surface area contributed by atoms with Gasteiger partial charge in [0.15, 0.2) is 11.5 Å². The number of hydrogen-bond acceptors (Lipinski definition) is 5. The summed E-state index contributed by atoms with van der Waals surface area (Å²) in [5.74, 6) is 0.245. The third-order valence-electron chi connectivity index (χ3n) is 6.75. The van der Waals surface area contributed by atoms with Gasteiger partial charge in [-0.3, -0.25) is 14.5 Å². The summed E-state index contributed by atoms with van der Waals surface area (Å²) in [6, 6.07) is 16.6. The lowest BCUT2D eigenvalue weighted by Gasteiger charge is -2.33. The molecule has 0 aromatic heterocycles. The first-order valence-corrected chi connectivity index (χ1v) is 12.5. The Balaban J connectivity index is 1.63. The fourth-order valence-electron chi connectivity index (χ4n) is 4.92. The molecule has 5 rings (SSSR count). The molecule has 3 aromatic carbocycles. The largest absolute Gasteiger partial charge is 0.495 e. The number of carbonyl (C=O) groups excluding carboxylic acids is 2. The molecular weight excluding hydrogens is 475 g/mol. The van der Waals surface area contributed by atoms with Gasteiger partial charge in [-0.15, -0.1) is 0 Å². The van der Waals surface area contributed by atoms with Gasteiger partial charge in [0, 0.05) is 11.6 Å². The molecule has 1 N–H and O–H groups in total. The zero-order valence-electron chi connectivity index (χ0n) is 20.6. The van der Waals surface area contributed by atoms with Gasteiger partial charge >= 0.3 is 0 Å². The normalized spacial score (nSPS) is 15.6. The van der Waals surface area contributed by atoms with E-state index >= 15 is 0 Å². The summed E-state index contributed by atoms with van der Waals surface area (Å²) in [7, 11) is 1.51. The molecule has 1 saturated carbocycles. The molecule has 2 aliphatic rings. The number of anilines is 1. The minimum atomic E-state index is -1.07. The SMILES string of the molecule is COc1ccccc1N(C(=O)c1ccc2c(c1)OCCO2)C(C(=O)NC1CCCC1)c1ccc(F)cc1. The average molecular weight is 505 g/mol. The Morgan fingerprint density at radius 3 is 2.41 bits per heavy atom. The van der Waals surface area contributed by atoms with Gasteiger partial charge in [0.1, 0.15) is 30.8 Å². The Labute approximate surface area is 215 Å². The van der Waals surface area contributed by atoms with Gasteiger partial charge in [0.05, 0.1) is 12.8 Å². The third kappa shape index (κ3) is 5.23. The van der Waals surface area contributed by atoms with Gasteiger partial charge in [-0.05, 0) is 60.9 Å². The van der Waals surface area contributed by atoms with Crippen LogP contribution in [0.4, 0.5) is 10.1 Å². The van der Waals surface area contributed by atoms with E-state index in [1.165, 1.54) is 36.3 Å². The maximum absolute atomic E-state index is 14.2. The molecule has 0 spiro atoms. The van der Waals surface area contributed by atoms with Gasteiger partial charge in [0.25, 0.3) is 5.91 Å². The molecular formula is C29H29FN2O5. The van der Waals surface area contributed by atoms with Crippen molar-refractivity contribution in [3.63, 3.8) is 0 Å². The number of ether oxygens (including phenoxy) is 3. The minimum absolute atomic E-state index is 0.0272. The molecule has 1 unspecified atom stereocenters. The van der Waals surface area contributed by atoms with E-state index in [1.54, 1.807) is 42.5 Å². The number of para-hydroxylation sites is 2. The number of amides is 2. The first-order chi connectivity index (χ1) is 18.0. The van der Waals surface area contributed by atoms with E-state index in [2.05, 4.69) is 5.32 Å². The highest BCUT2D eigenvalue weighted by Crippen LogP contribution is 2.38. The van der Waals surface area contributed by atoms with Crippen molar-refractivity contribution in [1.82, 2.24) is 5.32 Å². The van der Waals surface area contributed by atoms with Crippen LogP contribution in [0, 0.1) is 5.82 Å². The van der Waals surface area contributed by atoms with E-state index in [-0.39, 0.29) is 11.9 Å². The molecule has 2 amide bonds. The maximum atomic E-state index is 14.2. The summed E-state index contributed by atoms with van der Waals surface area (Å²) in [5.41, 5.74) is 1.21. The molecule has 0 radical (unpaired) electrons. The van der Waals surface area contributed by atoms with Gasteiger partial charge < -0.3 is 19.5 Å². The smallest absolute Gasteiger partial charge is 0.259 e. The van der Waals surface area contributed by atoms with E-state index in [0.29, 0.717) is 47.3 Å². The van der Waals surface area contributed by atoms with Crippen molar-refractivity contribution >= 4 is 17.5 Å². The first kappa shape index (κ1) is 24.6. The van der Waals surface area contributed by atoms with Gasteiger partial charge in [-0.1, -0.05) is 37.1 Å². The number of halogens is 1. The molecule has 7 nitrogen and oxygen atoms in total. The quantitative estimate of drug-likeness (QED) is 0.487. The summed E-state index contributed by atoms with van der Waals surface area (Å²) in [5, 5.41) is 3.12. The Morgan fingerprint density at radius 2 is 1.68 bits per heavy atom. The standard InChI is InChI=1S/C29H29FN2O5/c1-35-24-9-5-4-8-23(24)32(29(34)20-12-15-25-26(18-20)37-17-16-36-25)27(19-10-13-21(30)14-11-19)28(33)31-22-6-2-3-7-22/h4-5,8-15,18,22,27H,2-3,6-7,16-17H2,1H3,(H,31,33). The van der Waals surface area contributed by atoms with Crippen molar-refractivity contribution in [2.75, 3.05) is 25.2 Å². The van der Waals surface area contributed by atoms with Gasteiger partial charge in [0.2, 0.25) is 5.91 Å². The monoisotopic (exact) mass is 504 g/mol. The molecule has 37 heavy (non-hydrogen) atoms. The van der Waals surface area contributed by atoms with Crippen molar-refractivity contribution in [3.05, 3.63) is 83.7 Å². The molecule has 1 aliphatic carbocycles. The number of hydrogen-bond donors (Lipinski definition) is 1. The number of fused-ring (bicyclic) bond motifs is 1. The minimum Gasteiger partial charge on any atom is -0.495 e. The summed E-state index contributed by atoms with van der Waals surface area (Å²) < 4.78 is 30.8. The highest BCUT2D eigenvalue weighted by atomic mass is 19.1. The summed E-state index contributed by atoms with van der Waals surface area (Å²) in [4.78, 5) is 29.5. The van der Waals surface area contributed by atoms with Crippen LogP contribution in [0.1, 0.15) is 47.6 Å². The lowest BCUT2D eigenvalue weighted by atomic mass is 10.0. The topological polar surface area (TPSA) is 77.1 Å². The van der Waals surface area contributed by atoms with Crippen LogP contribution in [0.25, 0.3) is 0 Å². The number of benzene rings is 3. The Morgan fingerprint density at radius 1 is 0.973 bits per heavy atom. The highest BCUT2D eigenvalue weighted by Gasteiger charge is 2.36. The van der Waals surface area contributed by atoms with Crippen LogP contribution in [-0.2, 0) is 4.79 Å². The van der Waals surface area contributed by atoms with Crippen molar-refractivity contribution in [1.29, 1.82) is 0 Å². The molecule has 1 aliphatic heterocycles. The Kier molecular flexibility index (Phi) is 7.25. The van der Waals surface area contributed by atoms with Crippen LogP contribution in [0.5, 0.6) is 17.2 Å². The van der Waals surface area contributed by atoms with Crippen LogP contribution in [0.15, 0.2) is 66.7 Å². The van der Waals surface area contributed by atoms with Crippen LogP contribution in [0.2, 0.25) is 0 Å². The van der Waals surface area contributed by atoms with Crippen LogP contribution in [0.3, 0.4) is 0 Å². The van der Waals surface area contributed by atoms with Crippen molar-refractivity contribution < 1.29 is 28.2 Å². The average Bonchev–Trinajstić information content (AvgIpc) is 3.44. The van der Waals surface area contributed by atoms with E-state index in [1.807, 2.05) is 0 Å². The second kappa shape index (κ2) is 10.9. The van der Waals surface area contributed by atoms with Gasteiger partial charge in [-0.2, -0.15) is 0 Å². The highest BCUT2D eigenvalue weighted by molar-refractivity contribution is 6.11. The number of nitrogens with one attached hydrogen (secondary N) is 1. The van der Waals surface area contributed by atoms with E-state index in [0.717, 1.165) is 25.7 Å². The zero-order chi connectivity index (χ0) is 25.8.